The molecule has 1 saturated heterocycles. The van der Waals surface area contributed by atoms with Gasteiger partial charge in [-0.3, -0.25) is 4.68 Å². The summed E-state index contributed by atoms with van der Waals surface area (Å²) in [5.41, 5.74) is 2.49. The minimum atomic E-state index is -0.190. The predicted octanol–water partition coefficient (Wildman–Crippen LogP) is 2.65. The van der Waals surface area contributed by atoms with Gasteiger partial charge in [0.15, 0.2) is 0 Å². The van der Waals surface area contributed by atoms with E-state index in [1.54, 1.807) is 10.7 Å². The van der Waals surface area contributed by atoms with Crippen LogP contribution in [0.2, 0.25) is 0 Å². The Kier molecular flexibility index (Phi) is 2.88. The fourth-order valence-electron chi connectivity index (χ4n) is 2.57. The average molecular weight is 245 g/mol. The van der Waals surface area contributed by atoms with Gasteiger partial charge in [0.1, 0.15) is 5.82 Å². The van der Waals surface area contributed by atoms with E-state index in [0.717, 1.165) is 30.6 Å². The van der Waals surface area contributed by atoms with E-state index < -0.39 is 0 Å². The van der Waals surface area contributed by atoms with Crippen molar-refractivity contribution in [3.8, 4) is 11.1 Å². The first kappa shape index (κ1) is 11.4. The Bertz CT molecular complexity index is 556. The van der Waals surface area contributed by atoms with Crippen molar-refractivity contribution in [1.82, 2.24) is 15.1 Å². The van der Waals surface area contributed by atoms with E-state index in [1.807, 2.05) is 25.4 Å². The van der Waals surface area contributed by atoms with E-state index in [0.29, 0.717) is 5.56 Å². The van der Waals surface area contributed by atoms with Crippen molar-refractivity contribution in [3.63, 3.8) is 0 Å². The molecule has 1 aromatic carbocycles. The quantitative estimate of drug-likeness (QED) is 0.881. The highest BCUT2D eigenvalue weighted by Gasteiger charge is 2.23. The molecule has 0 aliphatic carbocycles. The lowest BCUT2D eigenvalue weighted by Gasteiger charge is -2.10. The third-order valence-electron chi connectivity index (χ3n) is 3.41. The molecule has 0 saturated carbocycles. The van der Waals surface area contributed by atoms with Crippen LogP contribution in [0.3, 0.4) is 0 Å². The van der Waals surface area contributed by atoms with Gasteiger partial charge in [-0.15, -0.1) is 0 Å². The first-order valence-electron chi connectivity index (χ1n) is 6.27. The van der Waals surface area contributed by atoms with Gasteiger partial charge in [0, 0.05) is 24.4 Å². The van der Waals surface area contributed by atoms with Gasteiger partial charge in [-0.05, 0) is 25.5 Å². The van der Waals surface area contributed by atoms with Gasteiger partial charge in [0.2, 0.25) is 0 Å². The molecule has 3 rings (SSSR count). The summed E-state index contributed by atoms with van der Waals surface area (Å²) in [7, 11) is 1.88. The summed E-state index contributed by atoms with van der Waals surface area (Å²) in [5, 5.41) is 7.92. The Balaban J connectivity index is 2.09. The van der Waals surface area contributed by atoms with Gasteiger partial charge in [-0.1, -0.05) is 18.2 Å². The summed E-state index contributed by atoms with van der Waals surface area (Å²) in [5.74, 6) is -0.190. The highest BCUT2D eigenvalue weighted by molar-refractivity contribution is 5.66. The maximum atomic E-state index is 13.9. The minimum absolute atomic E-state index is 0.190. The van der Waals surface area contributed by atoms with E-state index in [9.17, 15) is 4.39 Å². The molecular weight excluding hydrogens is 229 g/mol. The van der Waals surface area contributed by atoms with Crippen molar-refractivity contribution >= 4 is 0 Å². The fourth-order valence-corrected chi connectivity index (χ4v) is 2.57. The largest absolute Gasteiger partial charge is 0.309 e. The maximum Gasteiger partial charge on any atom is 0.131 e. The van der Waals surface area contributed by atoms with E-state index >= 15 is 0 Å². The molecular formula is C14H16FN3. The SMILES string of the molecule is Cn1cc(-c2ccccc2F)c(C2CCCN2)n1. The molecule has 1 fully saturated rings. The van der Waals surface area contributed by atoms with E-state index in [1.165, 1.54) is 6.07 Å². The Labute approximate surface area is 106 Å². The van der Waals surface area contributed by atoms with Crippen LogP contribution in [0.4, 0.5) is 4.39 Å². The zero-order valence-corrected chi connectivity index (χ0v) is 10.4. The van der Waals surface area contributed by atoms with E-state index in [-0.39, 0.29) is 11.9 Å². The first-order chi connectivity index (χ1) is 8.75. The molecule has 0 bridgehead atoms. The number of benzene rings is 1. The molecule has 2 aromatic rings. The minimum Gasteiger partial charge on any atom is -0.309 e. The molecule has 3 nitrogen and oxygen atoms in total. The lowest BCUT2D eigenvalue weighted by molar-refractivity contribution is 0.605. The number of aromatic nitrogens is 2. The molecule has 2 heterocycles. The molecule has 18 heavy (non-hydrogen) atoms. The summed E-state index contributed by atoms with van der Waals surface area (Å²) in [6.07, 6.45) is 4.12. The zero-order valence-electron chi connectivity index (χ0n) is 10.4. The number of halogens is 1. The Morgan fingerprint density at radius 3 is 2.89 bits per heavy atom. The molecule has 4 heteroatoms. The van der Waals surface area contributed by atoms with E-state index in [4.69, 9.17) is 0 Å². The van der Waals surface area contributed by atoms with Crippen LogP contribution < -0.4 is 5.32 Å². The van der Waals surface area contributed by atoms with Gasteiger partial charge in [0.05, 0.1) is 11.7 Å². The average Bonchev–Trinajstić information content (AvgIpc) is 2.98. The maximum absolute atomic E-state index is 13.9. The van der Waals surface area contributed by atoms with Crippen LogP contribution in [0, 0.1) is 5.82 Å². The van der Waals surface area contributed by atoms with Crippen LogP contribution in [-0.4, -0.2) is 16.3 Å². The van der Waals surface area contributed by atoms with Crippen molar-refractivity contribution < 1.29 is 4.39 Å². The van der Waals surface area contributed by atoms with Crippen molar-refractivity contribution in [2.75, 3.05) is 6.54 Å². The topological polar surface area (TPSA) is 29.9 Å². The number of nitrogens with one attached hydrogen (secondary N) is 1. The lowest BCUT2D eigenvalue weighted by atomic mass is 10.0. The third kappa shape index (κ3) is 1.93. The van der Waals surface area contributed by atoms with Gasteiger partial charge in [0.25, 0.3) is 0 Å². The summed E-state index contributed by atoms with van der Waals surface area (Å²) in [6, 6.07) is 7.12. The van der Waals surface area contributed by atoms with Crippen molar-refractivity contribution in [2.45, 2.75) is 18.9 Å². The molecule has 0 amide bonds. The van der Waals surface area contributed by atoms with Gasteiger partial charge in [-0.2, -0.15) is 5.10 Å². The molecule has 1 N–H and O–H groups in total. The first-order valence-corrected chi connectivity index (χ1v) is 6.27. The summed E-state index contributed by atoms with van der Waals surface area (Å²) < 4.78 is 15.7. The Morgan fingerprint density at radius 2 is 2.17 bits per heavy atom. The zero-order chi connectivity index (χ0) is 12.5. The van der Waals surface area contributed by atoms with Crippen LogP contribution >= 0.6 is 0 Å². The molecule has 94 valence electrons. The van der Waals surface area contributed by atoms with Crippen LogP contribution in [0.25, 0.3) is 11.1 Å². The van der Waals surface area contributed by atoms with Gasteiger partial charge < -0.3 is 5.32 Å². The summed E-state index contributed by atoms with van der Waals surface area (Å²) in [6.45, 7) is 1.01. The summed E-state index contributed by atoms with van der Waals surface area (Å²) >= 11 is 0. The number of aryl methyl sites for hydroxylation is 1. The molecule has 1 aliphatic rings. The van der Waals surface area contributed by atoms with Gasteiger partial charge >= 0.3 is 0 Å². The van der Waals surface area contributed by atoms with Crippen molar-refractivity contribution in [1.29, 1.82) is 0 Å². The van der Waals surface area contributed by atoms with E-state index in [2.05, 4.69) is 10.4 Å². The van der Waals surface area contributed by atoms with Gasteiger partial charge in [-0.25, -0.2) is 4.39 Å². The molecule has 0 spiro atoms. The molecule has 1 unspecified atom stereocenters. The van der Waals surface area contributed by atoms with Crippen molar-refractivity contribution in [2.24, 2.45) is 7.05 Å². The summed E-state index contributed by atoms with van der Waals surface area (Å²) in [4.78, 5) is 0. The lowest BCUT2D eigenvalue weighted by Crippen LogP contribution is -2.14. The molecule has 0 radical (unpaired) electrons. The molecule has 1 aliphatic heterocycles. The second-order valence-electron chi connectivity index (χ2n) is 4.73. The number of nitrogens with zero attached hydrogens (tertiary/aromatic N) is 2. The third-order valence-corrected chi connectivity index (χ3v) is 3.41. The smallest absolute Gasteiger partial charge is 0.131 e. The normalized spacial score (nSPS) is 19.3. The second kappa shape index (κ2) is 4.53. The highest BCUT2D eigenvalue weighted by Crippen LogP contribution is 2.32. The monoisotopic (exact) mass is 245 g/mol. The highest BCUT2D eigenvalue weighted by atomic mass is 19.1. The standard InChI is InChI=1S/C14H16FN3/c1-18-9-11(10-5-2-3-6-12(10)15)14(17-18)13-7-4-8-16-13/h2-3,5-6,9,13,16H,4,7-8H2,1H3. The predicted molar refractivity (Wildman–Crippen MR) is 68.6 cm³/mol. The number of hydrogen-bond acceptors (Lipinski definition) is 2. The van der Waals surface area contributed by atoms with Crippen LogP contribution in [0.1, 0.15) is 24.6 Å². The second-order valence-corrected chi connectivity index (χ2v) is 4.73. The van der Waals surface area contributed by atoms with Crippen LogP contribution in [0.5, 0.6) is 0 Å². The van der Waals surface area contributed by atoms with Crippen LogP contribution in [-0.2, 0) is 7.05 Å². The molecule has 1 aromatic heterocycles. The number of rotatable bonds is 2. The molecule has 1 atom stereocenters. The number of hydrogen-bond donors (Lipinski definition) is 1. The Hall–Kier alpha value is -1.68. The van der Waals surface area contributed by atoms with Crippen molar-refractivity contribution in [3.05, 3.63) is 42.0 Å². The Morgan fingerprint density at radius 1 is 1.33 bits per heavy atom. The fraction of sp³-hybridized carbons (Fsp3) is 0.357. The van der Waals surface area contributed by atoms with Crippen LogP contribution in [0.15, 0.2) is 30.5 Å².